The number of halogens is 1. The van der Waals surface area contributed by atoms with Crippen molar-refractivity contribution in [2.75, 3.05) is 26.0 Å². The predicted molar refractivity (Wildman–Crippen MR) is 84.6 cm³/mol. The number of rotatable bonds is 7. The quantitative estimate of drug-likeness (QED) is 0.839. The van der Waals surface area contributed by atoms with E-state index in [1.807, 2.05) is 19.0 Å². The topological polar surface area (TPSA) is 50.2 Å². The average Bonchev–Trinajstić information content (AvgIpc) is 2.33. The van der Waals surface area contributed by atoms with Crippen molar-refractivity contribution < 1.29 is 0 Å². The van der Waals surface area contributed by atoms with Gasteiger partial charge < -0.3 is 10.2 Å². The Morgan fingerprint density at radius 3 is 2.60 bits per heavy atom. The molecule has 1 rings (SSSR count). The molecule has 0 bridgehead atoms. The summed E-state index contributed by atoms with van der Waals surface area (Å²) in [4.78, 5) is 14.1. The van der Waals surface area contributed by atoms with E-state index >= 15 is 0 Å². The highest BCUT2D eigenvalue weighted by Gasteiger charge is 2.12. The largest absolute Gasteiger partial charge is 0.380 e. The van der Waals surface area contributed by atoms with E-state index < -0.39 is 0 Å². The summed E-state index contributed by atoms with van der Waals surface area (Å²) in [7, 11) is 3.91. The van der Waals surface area contributed by atoms with E-state index in [0.29, 0.717) is 18.2 Å². The molecule has 5 nitrogen and oxygen atoms in total. The number of nitrogens with one attached hydrogen (secondary N) is 1. The summed E-state index contributed by atoms with van der Waals surface area (Å²) < 4.78 is 1.40. The fourth-order valence-electron chi connectivity index (χ4n) is 2.05. The van der Waals surface area contributed by atoms with Gasteiger partial charge in [0.2, 0.25) is 0 Å². The van der Waals surface area contributed by atoms with Gasteiger partial charge in [-0.1, -0.05) is 25.4 Å². The predicted octanol–water partition coefficient (Wildman–Crippen LogP) is 2.30. The van der Waals surface area contributed by atoms with Crippen LogP contribution in [0.25, 0.3) is 0 Å². The molecular formula is C14H25ClN4O. The number of aromatic nitrogens is 2. The minimum absolute atomic E-state index is 0.217. The Hall–Kier alpha value is -1.07. The fraction of sp³-hybridized carbons (Fsp3) is 0.714. The number of hydrogen-bond acceptors (Lipinski definition) is 4. The van der Waals surface area contributed by atoms with Crippen molar-refractivity contribution in [1.82, 2.24) is 14.7 Å². The van der Waals surface area contributed by atoms with Gasteiger partial charge in [0.05, 0.1) is 18.4 Å². The van der Waals surface area contributed by atoms with E-state index in [2.05, 4.69) is 31.2 Å². The van der Waals surface area contributed by atoms with Crippen molar-refractivity contribution in [1.29, 1.82) is 0 Å². The van der Waals surface area contributed by atoms with Crippen LogP contribution in [-0.4, -0.2) is 41.4 Å². The van der Waals surface area contributed by atoms with E-state index in [0.717, 1.165) is 13.0 Å². The molecule has 1 aromatic rings. The molecule has 0 saturated heterocycles. The molecule has 1 heterocycles. The maximum atomic E-state index is 12.1. The van der Waals surface area contributed by atoms with Gasteiger partial charge >= 0.3 is 0 Å². The van der Waals surface area contributed by atoms with Crippen molar-refractivity contribution in [2.24, 2.45) is 5.92 Å². The average molecular weight is 301 g/mol. The van der Waals surface area contributed by atoms with E-state index in [-0.39, 0.29) is 16.6 Å². The lowest BCUT2D eigenvalue weighted by atomic mass is 10.1. The first-order valence-corrected chi connectivity index (χ1v) is 7.36. The summed E-state index contributed by atoms with van der Waals surface area (Å²) in [5, 5.41) is 7.65. The first-order chi connectivity index (χ1) is 9.31. The molecule has 0 aliphatic heterocycles. The van der Waals surface area contributed by atoms with Gasteiger partial charge in [-0.25, -0.2) is 4.68 Å². The Bertz CT molecular complexity index is 485. The maximum absolute atomic E-state index is 12.1. The molecule has 0 saturated carbocycles. The second-order valence-electron chi connectivity index (χ2n) is 5.88. The van der Waals surface area contributed by atoms with Crippen molar-refractivity contribution in [3.05, 3.63) is 21.6 Å². The van der Waals surface area contributed by atoms with Crippen LogP contribution in [0.2, 0.25) is 5.02 Å². The Morgan fingerprint density at radius 1 is 1.40 bits per heavy atom. The van der Waals surface area contributed by atoms with Gasteiger partial charge in [0, 0.05) is 12.6 Å². The van der Waals surface area contributed by atoms with Crippen LogP contribution in [0, 0.1) is 5.92 Å². The van der Waals surface area contributed by atoms with Gasteiger partial charge in [0.1, 0.15) is 5.02 Å². The zero-order valence-corrected chi connectivity index (χ0v) is 13.7. The molecule has 0 aromatic carbocycles. The minimum atomic E-state index is -0.240. The second-order valence-corrected chi connectivity index (χ2v) is 6.26. The van der Waals surface area contributed by atoms with Crippen LogP contribution in [0.4, 0.5) is 5.69 Å². The van der Waals surface area contributed by atoms with Gasteiger partial charge in [-0.15, -0.1) is 0 Å². The zero-order valence-electron chi connectivity index (χ0n) is 13.0. The van der Waals surface area contributed by atoms with E-state index in [4.69, 9.17) is 11.6 Å². The second kappa shape index (κ2) is 7.64. The normalized spacial score (nSPS) is 13.0. The smallest absolute Gasteiger partial charge is 0.287 e. The molecule has 20 heavy (non-hydrogen) atoms. The Kier molecular flexibility index (Phi) is 6.49. The lowest BCUT2D eigenvalue weighted by Crippen LogP contribution is -2.30. The van der Waals surface area contributed by atoms with Gasteiger partial charge in [0.25, 0.3) is 5.56 Å². The number of hydrogen-bond donors (Lipinski definition) is 1. The van der Waals surface area contributed by atoms with Crippen molar-refractivity contribution >= 4 is 17.3 Å². The third-order valence-corrected chi connectivity index (χ3v) is 3.34. The van der Waals surface area contributed by atoms with Gasteiger partial charge in [0.15, 0.2) is 0 Å². The monoisotopic (exact) mass is 300 g/mol. The lowest BCUT2D eigenvalue weighted by molar-refractivity contribution is 0.367. The first kappa shape index (κ1) is 17.0. The first-order valence-electron chi connectivity index (χ1n) is 6.98. The molecule has 1 atom stereocenters. The lowest BCUT2D eigenvalue weighted by Gasteiger charge is -2.18. The van der Waals surface area contributed by atoms with Crippen LogP contribution in [0.1, 0.15) is 27.2 Å². The summed E-state index contributed by atoms with van der Waals surface area (Å²) in [6, 6.07) is 0.256. The summed E-state index contributed by atoms with van der Waals surface area (Å²) in [5.41, 5.74) is 0.376. The molecule has 0 aliphatic rings. The molecular weight excluding hydrogens is 276 g/mol. The standard InChI is InChI=1S/C14H25ClN4O/c1-10(2)8-11(3)17-12-9-16-19(7-6-18(4)5)14(20)13(12)15/h9-11,17H,6-8H2,1-5H3. The van der Waals surface area contributed by atoms with Crippen molar-refractivity contribution in [3.8, 4) is 0 Å². The van der Waals surface area contributed by atoms with Gasteiger partial charge in [-0.05, 0) is 33.4 Å². The van der Waals surface area contributed by atoms with Crippen LogP contribution in [-0.2, 0) is 6.54 Å². The number of anilines is 1. The van der Waals surface area contributed by atoms with Gasteiger partial charge in [-0.2, -0.15) is 5.10 Å². The van der Waals surface area contributed by atoms with Crippen molar-refractivity contribution in [3.63, 3.8) is 0 Å². The highest BCUT2D eigenvalue weighted by atomic mass is 35.5. The highest BCUT2D eigenvalue weighted by Crippen LogP contribution is 2.18. The van der Waals surface area contributed by atoms with Crippen LogP contribution in [0.3, 0.4) is 0 Å². The molecule has 1 N–H and O–H groups in total. The van der Waals surface area contributed by atoms with Crippen LogP contribution < -0.4 is 10.9 Å². The summed E-state index contributed by atoms with van der Waals surface area (Å²) in [6.45, 7) is 7.69. The summed E-state index contributed by atoms with van der Waals surface area (Å²) >= 11 is 6.14. The van der Waals surface area contributed by atoms with Crippen LogP contribution >= 0.6 is 11.6 Å². The maximum Gasteiger partial charge on any atom is 0.287 e. The molecule has 114 valence electrons. The molecule has 1 unspecified atom stereocenters. The highest BCUT2D eigenvalue weighted by molar-refractivity contribution is 6.32. The van der Waals surface area contributed by atoms with E-state index in [1.54, 1.807) is 6.20 Å². The number of likely N-dealkylation sites (N-methyl/N-ethyl adjacent to an activating group) is 1. The van der Waals surface area contributed by atoms with E-state index in [1.165, 1.54) is 4.68 Å². The third kappa shape index (κ3) is 5.13. The molecule has 1 aromatic heterocycles. The molecule has 0 spiro atoms. The van der Waals surface area contributed by atoms with Crippen molar-refractivity contribution in [2.45, 2.75) is 39.8 Å². The Labute approximate surface area is 125 Å². The Balaban J connectivity index is 2.81. The SMILES string of the molecule is CC(C)CC(C)Nc1cnn(CCN(C)C)c(=O)c1Cl. The van der Waals surface area contributed by atoms with Crippen LogP contribution in [0.5, 0.6) is 0 Å². The summed E-state index contributed by atoms with van der Waals surface area (Å²) in [5.74, 6) is 0.588. The molecule has 0 aliphatic carbocycles. The zero-order chi connectivity index (χ0) is 15.3. The minimum Gasteiger partial charge on any atom is -0.380 e. The molecule has 0 fully saturated rings. The Morgan fingerprint density at radius 2 is 2.05 bits per heavy atom. The third-order valence-electron chi connectivity index (χ3n) is 2.97. The number of nitrogens with zero attached hydrogens (tertiary/aromatic N) is 3. The van der Waals surface area contributed by atoms with Crippen LogP contribution in [0.15, 0.2) is 11.0 Å². The fourth-order valence-corrected chi connectivity index (χ4v) is 2.25. The molecule has 0 radical (unpaired) electrons. The summed E-state index contributed by atoms with van der Waals surface area (Å²) in [6.07, 6.45) is 2.65. The van der Waals surface area contributed by atoms with Gasteiger partial charge in [-0.3, -0.25) is 4.79 Å². The molecule has 6 heteroatoms. The van der Waals surface area contributed by atoms with E-state index in [9.17, 15) is 4.79 Å². The molecule has 0 amide bonds.